The summed E-state index contributed by atoms with van der Waals surface area (Å²) in [5.41, 5.74) is -1.24. The molecular formula is C17H11ClF3N3O3. The van der Waals surface area contributed by atoms with Gasteiger partial charge in [0.05, 0.1) is 16.3 Å². The first-order valence-electron chi connectivity index (χ1n) is 7.52. The molecule has 1 amide bonds. The van der Waals surface area contributed by atoms with E-state index in [1.807, 2.05) is 5.32 Å². The number of esters is 1. The first-order valence-corrected chi connectivity index (χ1v) is 7.90. The minimum Gasteiger partial charge on any atom is -0.451 e. The van der Waals surface area contributed by atoms with Crippen LogP contribution in [-0.4, -0.2) is 27.9 Å². The zero-order chi connectivity index (χ0) is 19.6. The van der Waals surface area contributed by atoms with Crippen LogP contribution in [0.5, 0.6) is 0 Å². The Hall–Kier alpha value is -3.07. The average molecular weight is 398 g/mol. The van der Waals surface area contributed by atoms with Crippen LogP contribution in [0.4, 0.5) is 18.9 Å². The number of amides is 1. The lowest BCUT2D eigenvalue weighted by molar-refractivity contribution is -0.137. The van der Waals surface area contributed by atoms with Crippen LogP contribution in [0, 0.1) is 0 Å². The van der Waals surface area contributed by atoms with Gasteiger partial charge in [0.25, 0.3) is 5.91 Å². The number of fused-ring (bicyclic) bond motifs is 1. The quantitative estimate of drug-likeness (QED) is 0.680. The molecule has 0 unspecified atom stereocenters. The number of ether oxygens (including phenoxy) is 1. The maximum atomic E-state index is 13.0. The van der Waals surface area contributed by atoms with E-state index in [1.165, 1.54) is 12.3 Å². The van der Waals surface area contributed by atoms with Crippen molar-refractivity contribution in [3.63, 3.8) is 0 Å². The SMILES string of the molecule is O=C(COC(=O)c1cn2ccccc2n1)Nc1c(Cl)cccc1C(F)(F)F. The van der Waals surface area contributed by atoms with Crippen molar-refractivity contribution in [3.8, 4) is 0 Å². The average Bonchev–Trinajstić information content (AvgIpc) is 3.04. The minimum atomic E-state index is -4.71. The summed E-state index contributed by atoms with van der Waals surface area (Å²) in [6, 6.07) is 8.23. The highest BCUT2D eigenvalue weighted by atomic mass is 35.5. The van der Waals surface area contributed by atoms with Crippen molar-refractivity contribution in [1.82, 2.24) is 9.38 Å². The van der Waals surface area contributed by atoms with Gasteiger partial charge in [-0.3, -0.25) is 4.79 Å². The summed E-state index contributed by atoms with van der Waals surface area (Å²) in [5, 5.41) is 1.74. The molecule has 0 saturated heterocycles. The zero-order valence-corrected chi connectivity index (χ0v) is 14.2. The van der Waals surface area contributed by atoms with E-state index in [0.717, 1.165) is 12.1 Å². The summed E-state index contributed by atoms with van der Waals surface area (Å²) in [6.45, 7) is -0.796. The van der Waals surface area contributed by atoms with Gasteiger partial charge in [0.15, 0.2) is 12.3 Å². The van der Waals surface area contributed by atoms with E-state index >= 15 is 0 Å². The van der Waals surface area contributed by atoms with E-state index in [9.17, 15) is 22.8 Å². The molecule has 3 aromatic rings. The largest absolute Gasteiger partial charge is 0.451 e. The lowest BCUT2D eigenvalue weighted by Crippen LogP contribution is -2.23. The van der Waals surface area contributed by atoms with Crippen molar-refractivity contribution >= 4 is 34.8 Å². The van der Waals surface area contributed by atoms with Crippen LogP contribution in [0.2, 0.25) is 5.02 Å². The molecule has 0 aliphatic heterocycles. The van der Waals surface area contributed by atoms with Crippen LogP contribution in [0.1, 0.15) is 16.1 Å². The molecule has 140 valence electrons. The minimum absolute atomic E-state index is 0.0391. The van der Waals surface area contributed by atoms with Gasteiger partial charge >= 0.3 is 12.1 Å². The highest BCUT2D eigenvalue weighted by Crippen LogP contribution is 2.38. The number of nitrogens with one attached hydrogen (secondary N) is 1. The number of halogens is 4. The van der Waals surface area contributed by atoms with Gasteiger partial charge in [-0.2, -0.15) is 13.2 Å². The summed E-state index contributed by atoms with van der Waals surface area (Å²) in [5.74, 6) is -1.85. The number of nitrogens with zero attached hydrogens (tertiary/aromatic N) is 2. The van der Waals surface area contributed by atoms with Gasteiger partial charge in [0.2, 0.25) is 0 Å². The molecule has 0 bridgehead atoms. The molecule has 0 fully saturated rings. The third-order valence-corrected chi connectivity index (χ3v) is 3.81. The Balaban J connectivity index is 1.67. The first kappa shape index (κ1) is 18.7. The molecule has 0 spiro atoms. The lowest BCUT2D eigenvalue weighted by atomic mass is 10.1. The Bertz CT molecular complexity index is 984. The van der Waals surface area contributed by atoms with E-state index in [0.29, 0.717) is 5.65 Å². The van der Waals surface area contributed by atoms with Gasteiger partial charge < -0.3 is 14.5 Å². The number of anilines is 1. The fourth-order valence-electron chi connectivity index (χ4n) is 2.30. The van der Waals surface area contributed by atoms with Gasteiger partial charge in [-0.05, 0) is 24.3 Å². The topological polar surface area (TPSA) is 72.7 Å². The summed E-state index contributed by atoms with van der Waals surface area (Å²) in [4.78, 5) is 27.9. The molecule has 1 N–H and O–H groups in total. The number of hydrogen-bond acceptors (Lipinski definition) is 4. The van der Waals surface area contributed by atoms with Gasteiger partial charge in [0, 0.05) is 12.4 Å². The van der Waals surface area contributed by atoms with Crippen molar-refractivity contribution in [1.29, 1.82) is 0 Å². The molecule has 1 aromatic carbocycles. The van der Waals surface area contributed by atoms with Gasteiger partial charge in [-0.15, -0.1) is 0 Å². The highest BCUT2D eigenvalue weighted by molar-refractivity contribution is 6.34. The van der Waals surface area contributed by atoms with Crippen molar-refractivity contribution in [2.45, 2.75) is 6.18 Å². The maximum absolute atomic E-state index is 13.0. The summed E-state index contributed by atoms with van der Waals surface area (Å²) in [7, 11) is 0. The van der Waals surface area contributed by atoms with Gasteiger partial charge in [-0.1, -0.05) is 23.7 Å². The number of carbonyl (C=O) groups is 2. The molecule has 0 radical (unpaired) electrons. The lowest BCUT2D eigenvalue weighted by Gasteiger charge is -2.15. The Morgan fingerprint density at radius 2 is 1.96 bits per heavy atom. The second kappa shape index (κ2) is 7.28. The molecule has 0 atom stereocenters. The Kier molecular flexibility index (Phi) is 5.04. The van der Waals surface area contributed by atoms with Gasteiger partial charge in [0.1, 0.15) is 5.65 Å². The number of benzene rings is 1. The second-order valence-corrected chi connectivity index (χ2v) is 5.78. The molecule has 0 aliphatic rings. The maximum Gasteiger partial charge on any atom is 0.418 e. The van der Waals surface area contributed by atoms with Crippen molar-refractivity contribution in [2.75, 3.05) is 11.9 Å². The summed E-state index contributed by atoms with van der Waals surface area (Å²) in [6.07, 6.45) is -1.63. The van der Waals surface area contributed by atoms with Crippen LogP contribution in [0.3, 0.4) is 0 Å². The molecule has 10 heteroatoms. The fourth-order valence-corrected chi connectivity index (χ4v) is 2.52. The van der Waals surface area contributed by atoms with Crippen LogP contribution in [0.25, 0.3) is 5.65 Å². The molecule has 6 nitrogen and oxygen atoms in total. The third kappa shape index (κ3) is 4.20. The number of alkyl halides is 3. The molecule has 2 heterocycles. The predicted molar refractivity (Wildman–Crippen MR) is 90.6 cm³/mol. The monoisotopic (exact) mass is 397 g/mol. The normalized spacial score (nSPS) is 11.4. The Morgan fingerprint density at radius 1 is 1.19 bits per heavy atom. The van der Waals surface area contributed by atoms with E-state index in [4.69, 9.17) is 16.3 Å². The van der Waals surface area contributed by atoms with Crippen molar-refractivity contribution in [2.24, 2.45) is 0 Å². The Morgan fingerprint density at radius 3 is 2.67 bits per heavy atom. The smallest absolute Gasteiger partial charge is 0.418 e. The van der Waals surface area contributed by atoms with Gasteiger partial charge in [-0.25, -0.2) is 9.78 Å². The number of carbonyl (C=O) groups excluding carboxylic acids is 2. The molecule has 0 aliphatic carbocycles. The number of rotatable bonds is 4. The molecule has 2 aromatic heterocycles. The molecule has 27 heavy (non-hydrogen) atoms. The summed E-state index contributed by atoms with van der Waals surface area (Å²) < 4.78 is 45.4. The summed E-state index contributed by atoms with van der Waals surface area (Å²) >= 11 is 5.75. The van der Waals surface area contributed by atoms with Crippen LogP contribution < -0.4 is 5.32 Å². The second-order valence-electron chi connectivity index (χ2n) is 5.38. The first-order chi connectivity index (χ1) is 12.8. The molecule has 3 rings (SSSR count). The van der Waals surface area contributed by atoms with E-state index in [2.05, 4.69) is 4.98 Å². The van der Waals surface area contributed by atoms with Crippen LogP contribution in [-0.2, 0) is 15.7 Å². The number of aromatic nitrogens is 2. The Labute approximate surface area is 155 Å². The highest BCUT2D eigenvalue weighted by Gasteiger charge is 2.34. The number of hydrogen-bond donors (Lipinski definition) is 1. The van der Waals surface area contributed by atoms with Crippen LogP contribution in [0.15, 0.2) is 48.8 Å². The third-order valence-electron chi connectivity index (χ3n) is 3.49. The van der Waals surface area contributed by atoms with Crippen molar-refractivity contribution < 1.29 is 27.5 Å². The molecular weight excluding hydrogens is 387 g/mol. The zero-order valence-electron chi connectivity index (χ0n) is 13.5. The van der Waals surface area contributed by atoms with Crippen molar-refractivity contribution in [3.05, 3.63) is 65.1 Å². The van der Waals surface area contributed by atoms with E-state index in [1.54, 1.807) is 28.8 Å². The number of imidazole rings is 1. The van der Waals surface area contributed by atoms with E-state index < -0.39 is 35.9 Å². The van der Waals surface area contributed by atoms with E-state index in [-0.39, 0.29) is 10.7 Å². The number of para-hydroxylation sites is 1. The standard InChI is InChI=1S/C17H11ClF3N3O3/c18-11-5-3-4-10(17(19,20)21)15(11)23-14(25)9-27-16(26)12-8-24-7-2-1-6-13(24)22-12/h1-8H,9H2,(H,23,25). The predicted octanol–water partition coefficient (Wildman–Crippen LogP) is 3.80. The molecule has 0 saturated carbocycles. The number of pyridine rings is 1. The fraction of sp³-hybridized carbons (Fsp3) is 0.118. The van der Waals surface area contributed by atoms with Crippen LogP contribution >= 0.6 is 11.6 Å².